The minimum Gasteiger partial charge on any atom is -0.481 e. The van der Waals surface area contributed by atoms with Crippen molar-refractivity contribution in [2.75, 3.05) is 0 Å². The Morgan fingerprint density at radius 1 is 0.213 bits per heavy atom. The van der Waals surface area contributed by atoms with Crippen molar-refractivity contribution in [3.05, 3.63) is 0 Å². The summed E-state index contributed by atoms with van der Waals surface area (Å²) in [6.07, 6.45) is 60.6. The molecule has 0 heterocycles. The van der Waals surface area contributed by atoms with Gasteiger partial charge in [-0.3, -0.25) is 14.4 Å². The molecule has 3 N–H and O–H groups in total. The Kier molecular flexibility index (Phi) is 71.2. The molecule has 1 radical (unpaired) electrons. The zero-order valence-electron chi connectivity index (χ0n) is 41.4. The molecule has 0 spiro atoms. The van der Waals surface area contributed by atoms with E-state index < -0.39 is 17.9 Å². The molecule has 0 rings (SSSR count). The van der Waals surface area contributed by atoms with E-state index in [1.165, 1.54) is 250 Å². The molecule has 367 valence electrons. The fraction of sp³-hybridized carbons (Fsp3) is 0.944. The fourth-order valence-corrected chi connectivity index (χ4v) is 7.94. The number of carbonyl (C=O) groups is 3. The van der Waals surface area contributed by atoms with Gasteiger partial charge in [0.2, 0.25) is 0 Å². The normalized spacial score (nSPS) is 10.7. The van der Waals surface area contributed by atoms with E-state index in [1.807, 2.05) is 0 Å². The summed E-state index contributed by atoms with van der Waals surface area (Å²) in [5.41, 5.74) is 0. The van der Waals surface area contributed by atoms with Crippen LogP contribution in [0.4, 0.5) is 0 Å². The minimum absolute atomic E-state index is 0. The molecule has 61 heavy (non-hydrogen) atoms. The Balaban J connectivity index is -0.000000396. The maximum atomic E-state index is 10.3. The number of hydrogen-bond donors (Lipinski definition) is 3. The van der Waals surface area contributed by atoms with Crippen molar-refractivity contribution in [3.63, 3.8) is 0 Å². The first-order valence-electron chi connectivity index (χ1n) is 27.0. The van der Waals surface area contributed by atoms with Crippen molar-refractivity contribution >= 4 is 17.9 Å². The van der Waals surface area contributed by atoms with E-state index >= 15 is 0 Å². The maximum absolute atomic E-state index is 10.3. The average Bonchev–Trinajstić information content (AvgIpc) is 3.22. The summed E-state index contributed by atoms with van der Waals surface area (Å²) in [5, 5.41) is 25.6. The molecular formula is C54H108EuO6. The van der Waals surface area contributed by atoms with E-state index in [0.29, 0.717) is 19.3 Å². The molecule has 6 nitrogen and oxygen atoms in total. The van der Waals surface area contributed by atoms with Gasteiger partial charge in [-0.1, -0.05) is 290 Å². The predicted octanol–water partition coefficient (Wildman–Crippen LogP) is 19.0. The van der Waals surface area contributed by atoms with Crippen LogP contribution < -0.4 is 0 Å². The summed E-state index contributed by atoms with van der Waals surface area (Å²) in [7, 11) is 0. The Hall–Kier alpha value is -0.00558. The van der Waals surface area contributed by atoms with Gasteiger partial charge in [-0.15, -0.1) is 0 Å². The average molecular weight is 1010 g/mol. The molecule has 0 aliphatic carbocycles. The first kappa shape index (κ1) is 67.6. The number of hydrogen-bond acceptors (Lipinski definition) is 3. The molecule has 0 unspecified atom stereocenters. The SMILES string of the molecule is CCCCCCCCCCCCCCCCCC(=O)O.CCCCCCCCCCCCCCCCCC(=O)O.CCCCCCCCCCCCCCCCCC(=O)O.[Eu]. The van der Waals surface area contributed by atoms with E-state index in [9.17, 15) is 14.4 Å². The van der Waals surface area contributed by atoms with Crippen LogP contribution in [0.2, 0.25) is 0 Å². The summed E-state index contributed by atoms with van der Waals surface area (Å²) in [6, 6.07) is 0. The second-order valence-corrected chi connectivity index (χ2v) is 18.3. The van der Waals surface area contributed by atoms with E-state index in [1.54, 1.807) is 0 Å². The Bertz CT molecular complexity index is 717. The Labute approximate surface area is 422 Å². The molecule has 0 saturated carbocycles. The molecule has 0 fully saturated rings. The van der Waals surface area contributed by atoms with Crippen LogP contribution in [0.3, 0.4) is 0 Å². The van der Waals surface area contributed by atoms with Crippen LogP contribution in [0.1, 0.15) is 329 Å². The summed E-state index contributed by atoms with van der Waals surface area (Å²) < 4.78 is 0. The molecule has 7 heteroatoms. The van der Waals surface area contributed by atoms with Crippen LogP contribution in [-0.4, -0.2) is 33.2 Å². The van der Waals surface area contributed by atoms with Gasteiger partial charge in [-0.05, 0) is 19.3 Å². The minimum atomic E-state index is -0.653. The molecular weight excluding hydrogens is 897 g/mol. The van der Waals surface area contributed by atoms with Crippen molar-refractivity contribution in [2.24, 2.45) is 0 Å². The van der Waals surface area contributed by atoms with Crippen LogP contribution in [0.25, 0.3) is 0 Å². The van der Waals surface area contributed by atoms with Crippen LogP contribution in [0, 0.1) is 49.4 Å². The quantitative estimate of drug-likeness (QED) is 0.0524. The van der Waals surface area contributed by atoms with Crippen LogP contribution in [-0.2, 0) is 14.4 Å². The van der Waals surface area contributed by atoms with E-state index in [-0.39, 0.29) is 49.4 Å². The summed E-state index contributed by atoms with van der Waals surface area (Å²) in [6.45, 7) is 6.81. The van der Waals surface area contributed by atoms with Crippen molar-refractivity contribution in [3.8, 4) is 0 Å². The Morgan fingerprint density at radius 2 is 0.311 bits per heavy atom. The van der Waals surface area contributed by atoms with Gasteiger partial charge < -0.3 is 15.3 Å². The molecule has 0 aliphatic heterocycles. The van der Waals surface area contributed by atoms with Gasteiger partial charge in [0, 0.05) is 68.6 Å². The van der Waals surface area contributed by atoms with Crippen LogP contribution in [0.5, 0.6) is 0 Å². The third kappa shape index (κ3) is 77.6. The largest absolute Gasteiger partial charge is 0.481 e. The summed E-state index contributed by atoms with van der Waals surface area (Å²) in [5.74, 6) is -1.96. The van der Waals surface area contributed by atoms with E-state index in [2.05, 4.69) is 20.8 Å². The molecule has 0 amide bonds. The molecule has 0 saturated heterocycles. The number of unbranched alkanes of at least 4 members (excludes halogenated alkanes) is 42. The molecule has 0 atom stereocenters. The van der Waals surface area contributed by atoms with Gasteiger partial charge in [0.05, 0.1) is 0 Å². The smallest absolute Gasteiger partial charge is 0.303 e. The third-order valence-corrected chi connectivity index (χ3v) is 12.0. The Morgan fingerprint density at radius 3 is 0.410 bits per heavy atom. The van der Waals surface area contributed by atoms with Crippen molar-refractivity contribution in [1.82, 2.24) is 0 Å². The van der Waals surface area contributed by atoms with Gasteiger partial charge >= 0.3 is 17.9 Å². The van der Waals surface area contributed by atoms with Gasteiger partial charge in [-0.2, -0.15) is 0 Å². The zero-order chi connectivity index (χ0) is 44.7. The number of aliphatic carboxylic acids is 3. The molecule has 0 bridgehead atoms. The molecule has 0 aromatic heterocycles. The summed E-state index contributed by atoms with van der Waals surface area (Å²) in [4.78, 5) is 31.0. The maximum Gasteiger partial charge on any atom is 0.303 e. The second-order valence-electron chi connectivity index (χ2n) is 18.3. The number of carboxylic acids is 3. The topological polar surface area (TPSA) is 112 Å². The number of rotatable bonds is 48. The second kappa shape index (κ2) is 64.3. The monoisotopic (exact) mass is 1010 g/mol. The van der Waals surface area contributed by atoms with Crippen molar-refractivity contribution in [2.45, 2.75) is 329 Å². The van der Waals surface area contributed by atoms with E-state index in [4.69, 9.17) is 15.3 Å². The first-order valence-corrected chi connectivity index (χ1v) is 27.0. The molecule has 0 aromatic carbocycles. The van der Waals surface area contributed by atoms with Gasteiger partial charge in [0.1, 0.15) is 0 Å². The third-order valence-electron chi connectivity index (χ3n) is 12.0. The van der Waals surface area contributed by atoms with Crippen LogP contribution >= 0.6 is 0 Å². The standard InChI is InChI=1S/3C18H36O2.Eu/c3*1-2-3-4-5-6-7-8-9-10-11-12-13-14-15-16-17-18(19)20;/h3*2-17H2,1H3,(H,19,20);. The number of carboxylic acid groups (broad SMARTS) is 3. The van der Waals surface area contributed by atoms with Crippen molar-refractivity contribution < 1.29 is 79.1 Å². The summed E-state index contributed by atoms with van der Waals surface area (Å²) >= 11 is 0. The van der Waals surface area contributed by atoms with Gasteiger partial charge in [-0.25, -0.2) is 0 Å². The van der Waals surface area contributed by atoms with E-state index in [0.717, 1.165) is 38.5 Å². The predicted molar refractivity (Wildman–Crippen MR) is 262 cm³/mol. The molecule has 0 aliphatic rings. The van der Waals surface area contributed by atoms with Crippen LogP contribution in [0.15, 0.2) is 0 Å². The van der Waals surface area contributed by atoms with Gasteiger partial charge in [0.15, 0.2) is 0 Å². The zero-order valence-corrected chi connectivity index (χ0v) is 43.8. The molecule has 0 aromatic rings. The first-order chi connectivity index (χ1) is 29.3. The fourth-order valence-electron chi connectivity index (χ4n) is 7.94. The van der Waals surface area contributed by atoms with Crippen molar-refractivity contribution in [1.29, 1.82) is 0 Å². The van der Waals surface area contributed by atoms with Gasteiger partial charge in [0.25, 0.3) is 0 Å².